The van der Waals surface area contributed by atoms with E-state index in [4.69, 9.17) is 5.73 Å². The predicted molar refractivity (Wildman–Crippen MR) is 72.9 cm³/mol. The number of hydrogen-bond donors (Lipinski definition) is 1. The Hall–Kier alpha value is -0.860. The molecule has 1 aliphatic rings. The van der Waals surface area contributed by atoms with Crippen molar-refractivity contribution in [2.24, 2.45) is 11.7 Å². The van der Waals surface area contributed by atoms with Gasteiger partial charge in [0.05, 0.1) is 0 Å². The predicted octanol–water partition coefficient (Wildman–Crippen LogP) is 2.42. The van der Waals surface area contributed by atoms with E-state index in [9.17, 15) is 0 Å². The number of rotatable bonds is 7. The van der Waals surface area contributed by atoms with Crippen LogP contribution in [0.4, 0.5) is 0 Å². The highest BCUT2D eigenvalue weighted by atomic mass is 15.1. The average Bonchev–Trinajstić information content (AvgIpc) is 3.15. The summed E-state index contributed by atoms with van der Waals surface area (Å²) < 4.78 is 0. The Bertz CT molecular complexity index is 327. The molecular weight excluding hydrogens is 208 g/mol. The van der Waals surface area contributed by atoms with Crippen LogP contribution in [0.1, 0.15) is 30.9 Å². The van der Waals surface area contributed by atoms with Crippen LogP contribution in [-0.4, -0.2) is 24.5 Å². The first-order chi connectivity index (χ1) is 8.31. The molecule has 2 N–H and O–H groups in total. The second-order valence-corrected chi connectivity index (χ2v) is 5.13. The molecule has 0 radical (unpaired) electrons. The maximum atomic E-state index is 5.55. The van der Waals surface area contributed by atoms with Gasteiger partial charge in [-0.3, -0.25) is 4.90 Å². The molecule has 0 amide bonds. The molecule has 0 bridgehead atoms. The second-order valence-electron chi connectivity index (χ2n) is 5.13. The molecule has 0 atom stereocenters. The monoisotopic (exact) mass is 232 g/mol. The standard InChI is InChI=1S/C15H24N2/c1-2-17(12-15-7-8-15)11-14-5-3-13(4-6-14)9-10-16/h3-6,15H,2,7-12,16H2,1H3. The number of benzene rings is 1. The van der Waals surface area contributed by atoms with E-state index in [2.05, 4.69) is 36.1 Å². The Labute approximate surface area is 105 Å². The molecule has 0 spiro atoms. The van der Waals surface area contributed by atoms with Gasteiger partial charge in [-0.05, 0) is 49.4 Å². The summed E-state index contributed by atoms with van der Waals surface area (Å²) in [6.45, 7) is 6.52. The van der Waals surface area contributed by atoms with Crippen LogP contribution >= 0.6 is 0 Å². The van der Waals surface area contributed by atoms with Crippen LogP contribution in [-0.2, 0) is 13.0 Å². The van der Waals surface area contributed by atoms with E-state index >= 15 is 0 Å². The Morgan fingerprint density at radius 1 is 1.18 bits per heavy atom. The van der Waals surface area contributed by atoms with E-state index < -0.39 is 0 Å². The molecule has 94 valence electrons. The molecule has 1 aliphatic carbocycles. The summed E-state index contributed by atoms with van der Waals surface area (Å²) in [5.41, 5.74) is 8.33. The van der Waals surface area contributed by atoms with E-state index in [0.717, 1.165) is 32.0 Å². The Morgan fingerprint density at radius 3 is 2.35 bits per heavy atom. The van der Waals surface area contributed by atoms with Gasteiger partial charge < -0.3 is 5.73 Å². The van der Waals surface area contributed by atoms with Gasteiger partial charge in [0.15, 0.2) is 0 Å². The Morgan fingerprint density at radius 2 is 1.82 bits per heavy atom. The highest BCUT2D eigenvalue weighted by Gasteiger charge is 2.23. The van der Waals surface area contributed by atoms with Gasteiger partial charge in [-0.1, -0.05) is 31.2 Å². The van der Waals surface area contributed by atoms with E-state index in [0.29, 0.717) is 0 Å². The zero-order valence-corrected chi connectivity index (χ0v) is 10.9. The smallest absolute Gasteiger partial charge is 0.0233 e. The molecule has 1 aromatic carbocycles. The summed E-state index contributed by atoms with van der Waals surface area (Å²) >= 11 is 0. The first-order valence-corrected chi connectivity index (χ1v) is 6.82. The molecule has 17 heavy (non-hydrogen) atoms. The molecule has 2 nitrogen and oxygen atoms in total. The van der Waals surface area contributed by atoms with Gasteiger partial charge in [-0.15, -0.1) is 0 Å². The van der Waals surface area contributed by atoms with E-state index in [1.165, 1.54) is 30.5 Å². The van der Waals surface area contributed by atoms with Crippen LogP contribution in [0.15, 0.2) is 24.3 Å². The van der Waals surface area contributed by atoms with Crippen LogP contribution in [0.3, 0.4) is 0 Å². The summed E-state index contributed by atoms with van der Waals surface area (Å²) in [7, 11) is 0. The summed E-state index contributed by atoms with van der Waals surface area (Å²) in [6, 6.07) is 8.93. The molecule has 1 saturated carbocycles. The minimum Gasteiger partial charge on any atom is -0.330 e. The lowest BCUT2D eigenvalue weighted by atomic mass is 10.1. The molecule has 0 aliphatic heterocycles. The van der Waals surface area contributed by atoms with Gasteiger partial charge in [0.25, 0.3) is 0 Å². The third-order valence-corrected chi connectivity index (χ3v) is 3.52. The molecule has 0 aromatic heterocycles. The van der Waals surface area contributed by atoms with Crippen molar-refractivity contribution in [3.63, 3.8) is 0 Å². The minimum atomic E-state index is 0.738. The largest absolute Gasteiger partial charge is 0.330 e. The van der Waals surface area contributed by atoms with Crippen molar-refractivity contribution in [2.75, 3.05) is 19.6 Å². The maximum absolute atomic E-state index is 5.55. The molecule has 1 fully saturated rings. The second kappa shape index (κ2) is 6.18. The van der Waals surface area contributed by atoms with Crippen molar-refractivity contribution in [1.82, 2.24) is 4.90 Å². The van der Waals surface area contributed by atoms with Crippen LogP contribution in [0, 0.1) is 5.92 Å². The molecular formula is C15H24N2. The number of hydrogen-bond acceptors (Lipinski definition) is 2. The first-order valence-electron chi connectivity index (χ1n) is 6.82. The van der Waals surface area contributed by atoms with Crippen LogP contribution < -0.4 is 5.73 Å². The summed E-state index contributed by atoms with van der Waals surface area (Å²) in [4.78, 5) is 2.55. The van der Waals surface area contributed by atoms with Crippen molar-refractivity contribution in [2.45, 2.75) is 32.7 Å². The van der Waals surface area contributed by atoms with E-state index in [1.807, 2.05) is 0 Å². The van der Waals surface area contributed by atoms with Gasteiger partial charge in [-0.2, -0.15) is 0 Å². The van der Waals surface area contributed by atoms with Crippen molar-refractivity contribution in [3.05, 3.63) is 35.4 Å². The zero-order chi connectivity index (χ0) is 12.1. The topological polar surface area (TPSA) is 29.3 Å². The van der Waals surface area contributed by atoms with Crippen molar-refractivity contribution in [3.8, 4) is 0 Å². The highest BCUT2D eigenvalue weighted by Crippen LogP contribution is 2.30. The normalized spacial score (nSPS) is 15.5. The number of nitrogens with zero attached hydrogens (tertiary/aromatic N) is 1. The van der Waals surface area contributed by atoms with E-state index in [1.54, 1.807) is 0 Å². The Balaban J connectivity index is 1.87. The van der Waals surface area contributed by atoms with Gasteiger partial charge in [0.2, 0.25) is 0 Å². The molecule has 1 aromatic rings. The molecule has 0 saturated heterocycles. The fourth-order valence-corrected chi connectivity index (χ4v) is 2.21. The van der Waals surface area contributed by atoms with Crippen LogP contribution in [0.5, 0.6) is 0 Å². The summed E-state index contributed by atoms with van der Waals surface area (Å²) in [5, 5.41) is 0. The lowest BCUT2D eigenvalue weighted by molar-refractivity contribution is 0.268. The lowest BCUT2D eigenvalue weighted by Gasteiger charge is -2.20. The first kappa shape index (κ1) is 12.6. The van der Waals surface area contributed by atoms with Crippen LogP contribution in [0.2, 0.25) is 0 Å². The maximum Gasteiger partial charge on any atom is 0.0233 e. The molecule has 2 heteroatoms. The Kier molecular flexibility index (Phi) is 4.57. The fourth-order valence-electron chi connectivity index (χ4n) is 2.21. The average molecular weight is 232 g/mol. The summed E-state index contributed by atoms with van der Waals surface area (Å²) in [6.07, 6.45) is 3.86. The van der Waals surface area contributed by atoms with Gasteiger partial charge >= 0.3 is 0 Å². The highest BCUT2D eigenvalue weighted by molar-refractivity contribution is 5.22. The van der Waals surface area contributed by atoms with Gasteiger partial charge in [0, 0.05) is 13.1 Å². The van der Waals surface area contributed by atoms with Gasteiger partial charge in [0.1, 0.15) is 0 Å². The quantitative estimate of drug-likeness (QED) is 0.782. The van der Waals surface area contributed by atoms with Crippen LogP contribution in [0.25, 0.3) is 0 Å². The minimum absolute atomic E-state index is 0.738. The molecule has 0 unspecified atom stereocenters. The van der Waals surface area contributed by atoms with Crippen molar-refractivity contribution < 1.29 is 0 Å². The third kappa shape index (κ3) is 4.14. The summed E-state index contributed by atoms with van der Waals surface area (Å²) in [5.74, 6) is 0.978. The SMILES string of the molecule is CCN(Cc1ccc(CCN)cc1)CC1CC1. The van der Waals surface area contributed by atoms with Crippen molar-refractivity contribution >= 4 is 0 Å². The lowest BCUT2D eigenvalue weighted by Crippen LogP contribution is -2.25. The van der Waals surface area contributed by atoms with E-state index in [-0.39, 0.29) is 0 Å². The third-order valence-electron chi connectivity index (χ3n) is 3.52. The molecule has 2 rings (SSSR count). The van der Waals surface area contributed by atoms with Gasteiger partial charge in [-0.25, -0.2) is 0 Å². The number of nitrogens with two attached hydrogens (primary N) is 1. The fraction of sp³-hybridized carbons (Fsp3) is 0.600. The zero-order valence-electron chi connectivity index (χ0n) is 10.9. The molecule has 0 heterocycles. The van der Waals surface area contributed by atoms with Crippen molar-refractivity contribution in [1.29, 1.82) is 0 Å².